The highest BCUT2D eigenvalue weighted by molar-refractivity contribution is 7.92. The number of thiazole rings is 1. The molecule has 2 aromatic carbocycles. The van der Waals surface area contributed by atoms with Gasteiger partial charge in [-0.2, -0.15) is 0 Å². The van der Waals surface area contributed by atoms with Crippen LogP contribution < -0.4 is 14.5 Å². The summed E-state index contributed by atoms with van der Waals surface area (Å²) in [4.78, 5) is 24.5. The number of amides is 1. The van der Waals surface area contributed by atoms with Crippen LogP contribution in [0.15, 0.2) is 47.3 Å². The molecule has 0 atom stereocenters. The normalized spacial score (nSPS) is 11.8. The molecule has 0 radical (unpaired) electrons. The molecule has 0 aliphatic heterocycles. The zero-order valence-electron chi connectivity index (χ0n) is 17.5. The molecule has 0 unspecified atom stereocenters. The fourth-order valence-electron chi connectivity index (χ4n) is 3.30. The molecule has 3 aromatic rings. The van der Waals surface area contributed by atoms with Gasteiger partial charge >= 0.3 is 4.87 Å². The molecule has 31 heavy (non-hydrogen) atoms. The topological polar surface area (TPSA) is 88.5 Å². The lowest BCUT2D eigenvalue weighted by atomic mass is 10.2. The first-order chi connectivity index (χ1) is 14.6. The number of anilines is 2. The maximum Gasteiger partial charge on any atom is 0.308 e. The molecule has 0 saturated heterocycles. The van der Waals surface area contributed by atoms with E-state index in [0.717, 1.165) is 32.1 Å². The number of sulfonamides is 1. The smallest absolute Gasteiger partial charge is 0.308 e. The van der Waals surface area contributed by atoms with Crippen LogP contribution in [0.5, 0.6) is 0 Å². The van der Waals surface area contributed by atoms with Crippen LogP contribution in [0, 0.1) is 5.82 Å². The zero-order chi connectivity index (χ0) is 22.8. The minimum atomic E-state index is -3.57. The first-order valence-corrected chi connectivity index (χ1v) is 12.4. The second-order valence-corrected chi connectivity index (χ2v) is 10.4. The van der Waals surface area contributed by atoms with E-state index in [1.54, 1.807) is 16.7 Å². The molecule has 166 valence electrons. The van der Waals surface area contributed by atoms with Crippen molar-refractivity contribution in [2.45, 2.75) is 32.7 Å². The number of benzene rings is 2. The molecule has 0 aliphatic carbocycles. The third kappa shape index (κ3) is 5.50. The van der Waals surface area contributed by atoms with Crippen LogP contribution >= 0.6 is 11.3 Å². The highest BCUT2D eigenvalue weighted by atomic mass is 32.2. The van der Waals surface area contributed by atoms with Crippen molar-refractivity contribution in [2.75, 3.05) is 22.4 Å². The van der Waals surface area contributed by atoms with Gasteiger partial charge in [0, 0.05) is 24.7 Å². The summed E-state index contributed by atoms with van der Waals surface area (Å²) < 4.78 is 41.0. The van der Waals surface area contributed by atoms with Crippen LogP contribution in [0.25, 0.3) is 10.2 Å². The second-order valence-electron chi connectivity index (χ2n) is 7.48. The minimum Gasteiger partial charge on any atom is -0.326 e. The van der Waals surface area contributed by atoms with Crippen LogP contribution in [-0.2, 0) is 14.8 Å². The van der Waals surface area contributed by atoms with Crippen molar-refractivity contribution in [3.63, 3.8) is 0 Å². The molecular formula is C21H24FN3O4S2. The molecule has 0 aliphatic rings. The summed E-state index contributed by atoms with van der Waals surface area (Å²) in [6.45, 7) is 3.97. The average Bonchev–Trinajstić information content (AvgIpc) is 3.00. The largest absolute Gasteiger partial charge is 0.326 e. The fraction of sp³-hybridized carbons (Fsp3) is 0.333. The summed E-state index contributed by atoms with van der Waals surface area (Å²) in [5.41, 5.74) is 1.75. The number of nitrogens with one attached hydrogen (secondary N) is 1. The van der Waals surface area contributed by atoms with E-state index < -0.39 is 15.8 Å². The Morgan fingerprint density at radius 2 is 1.87 bits per heavy atom. The van der Waals surface area contributed by atoms with Gasteiger partial charge in [0.1, 0.15) is 5.82 Å². The average molecular weight is 466 g/mol. The Kier molecular flexibility index (Phi) is 6.80. The molecule has 0 spiro atoms. The van der Waals surface area contributed by atoms with Crippen LogP contribution in [-0.4, -0.2) is 31.7 Å². The summed E-state index contributed by atoms with van der Waals surface area (Å²) in [7, 11) is -3.57. The van der Waals surface area contributed by atoms with Gasteiger partial charge in [-0.1, -0.05) is 11.3 Å². The number of carbonyl (C=O) groups excluding carboxylic acids is 1. The van der Waals surface area contributed by atoms with E-state index >= 15 is 0 Å². The molecule has 1 heterocycles. The number of nitrogens with zero attached hydrogens (tertiary/aromatic N) is 2. The van der Waals surface area contributed by atoms with Crippen molar-refractivity contribution < 1.29 is 17.6 Å². The number of aromatic nitrogens is 1. The second kappa shape index (κ2) is 9.19. The predicted molar refractivity (Wildman–Crippen MR) is 123 cm³/mol. The van der Waals surface area contributed by atoms with Crippen LogP contribution in [0.3, 0.4) is 0 Å². The maximum atomic E-state index is 13.1. The van der Waals surface area contributed by atoms with Gasteiger partial charge in [0.05, 0.1) is 22.2 Å². The van der Waals surface area contributed by atoms with Gasteiger partial charge in [-0.05, 0) is 62.7 Å². The van der Waals surface area contributed by atoms with E-state index in [4.69, 9.17) is 0 Å². The molecule has 1 N–H and O–H groups in total. The highest BCUT2D eigenvalue weighted by Crippen LogP contribution is 2.24. The Morgan fingerprint density at radius 1 is 1.19 bits per heavy atom. The lowest BCUT2D eigenvalue weighted by Gasteiger charge is -2.22. The number of hydrogen-bond donors (Lipinski definition) is 1. The van der Waals surface area contributed by atoms with E-state index in [1.165, 1.54) is 24.3 Å². The standard InChI is InChI=1S/C21H24FN3O4S2/c1-14(2)25-18-11-8-16(13-19(18)30-21(25)27)23-20(26)5-4-12-24(31(3,28)29)17-9-6-15(22)7-10-17/h6-11,13-14H,4-5,12H2,1-3H3,(H,23,26). The number of rotatable bonds is 8. The monoisotopic (exact) mass is 465 g/mol. The number of hydrogen-bond acceptors (Lipinski definition) is 5. The van der Waals surface area contributed by atoms with Crippen molar-refractivity contribution >= 4 is 48.9 Å². The minimum absolute atomic E-state index is 0.0422. The first-order valence-electron chi connectivity index (χ1n) is 9.74. The Morgan fingerprint density at radius 3 is 2.48 bits per heavy atom. The van der Waals surface area contributed by atoms with Gasteiger partial charge in [0.15, 0.2) is 0 Å². The quantitative estimate of drug-likeness (QED) is 0.545. The molecule has 1 amide bonds. The maximum absolute atomic E-state index is 13.1. The number of halogens is 1. The molecule has 0 saturated carbocycles. The summed E-state index contributed by atoms with van der Waals surface area (Å²) in [5.74, 6) is -0.718. The molecule has 7 nitrogen and oxygen atoms in total. The molecular weight excluding hydrogens is 441 g/mol. The molecule has 0 fully saturated rings. The van der Waals surface area contributed by atoms with Crippen molar-refractivity contribution in [3.05, 3.63) is 57.9 Å². The SMILES string of the molecule is CC(C)n1c(=O)sc2cc(NC(=O)CCCN(c3ccc(F)cc3)S(C)(=O)=O)ccc21. The molecule has 3 rings (SSSR count). The lowest BCUT2D eigenvalue weighted by Crippen LogP contribution is -2.31. The van der Waals surface area contributed by atoms with Gasteiger partial charge < -0.3 is 5.32 Å². The van der Waals surface area contributed by atoms with Crippen molar-refractivity contribution in [1.29, 1.82) is 0 Å². The van der Waals surface area contributed by atoms with E-state index in [2.05, 4.69) is 5.32 Å². The Bertz CT molecular complexity index is 1250. The summed E-state index contributed by atoms with van der Waals surface area (Å²) in [6.07, 6.45) is 1.46. The molecule has 0 bridgehead atoms. The third-order valence-corrected chi connectivity index (χ3v) is 6.81. The van der Waals surface area contributed by atoms with Crippen molar-refractivity contribution in [3.8, 4) is 0 Å². The third-order valence-electron chi connectivity index (χ3n) is 4.69. The van der Waals surface area contributed by atoms with Crippen LogP contribution in [0.2, 0.25) is 0 Å². The van der Waals surface area contributed by atoms with Gasteiger partial charge in [-0.15, -0.1) is 0 Å². The molecule has 1 aromatic heterocycles. The number of fused-ring (bicyclic) bond motifs is 1. The highest BCUT2D eigenvalue weighted by Gasteiger charge is 2.18. The zero-order valence-corrected chi connectivity index (χ0v) is 19.1. The Labute approximate surface area is 184 Å². The molecule has 10 heteroatoms. The Hall–Kier alpha value is -2.72. The lowest BCUT2D eigenvalue weighted by molar-refractivity contribution is -0.116. The summed E-state index contributed by atoms with van der Waals surface area (Å²) >= 11 is 1.13. The van der Waals surface area contributed by atoms with E-state index in [0.29, 0.717) is 11.4 Å². The van der Waals surface area contributed by atoms with Crippen molar-refractivity contribution in [2.24, 2.45) is 0 Å². The van der Waals surface area contributed by atoms with Gasteiger partial charge in [-0.25, -0.2) is 12.8 Å². The van der Waals surface area contributed by atoms with Gasteiger partial charge in [0.25, 0.3) is 0 Å². The predicted octanol–water partition coefficient (Wildman–Crippen LogP) is 3.97. The van der Waals surface area contributed by atoms with Crippen LogP contribution in [0.4, 0.5) is 15.8 Å². The fourth-order valence-corrected chi connectivity index (χ4v) is 5.32. The van der Waals surface area contributed by atoms with E-state index in [1.807, 2.05) is 19.9 Å². The first kappa shape index (κ1) is 23.0. The summed E-state index contributed by atoms with van der Waals surface area (Å²) in [6, 6.07) is 10.5. The van der Waals surface area contributed by atoms with Crippen molar-refractivity contribution in [1.82, 2.24) is 4.57 Å². The Balaban J connectivity index is 1.64. The van der Waals surface area contributed by atoms with Gasteiger partial charge in [0.2, 0.25) is 15.9 Å². The van der Waals surface area contributed by atoms with E-state index in [-0.39, 0.29) is 36.2 Å². The van der Waals surface area contributed by atoms with Crippen LogP contribution in [0.1, 0.15) is 32.7 Å². The van der Waals surface area contributed by atoms with Gasteiger partial charge in [-0.3, -0.25) is 18.5 Å². The van der Waals surface area contributed by atoms with E-state index in [9.17, 15) is 22.4 Å². The number of carbonyl (C=O) groups is 1. The summed E-state index contributed by atoms with van der Waals surface area (Å²) in [5, 5.41) is 2.79.